The van der Waals surface area contributed by atoms with Crippen LogP contribution in [0.5, 0.6) is 0 Å². The van der Waals surface area contributed by atoms with Gasteiger partial charge in [0.2, 0.25) is 0 Å². The zero-order chi connectivity index (χ0) is 52.1. The molecule has 1 aliphatic carbocycles. The number of carbonyl (C=O) groups excluding carboxylic acids is 4. The molecule has 3 heterocycles. The van der Waals surface area contributed by atoms with E-state index in [0.717, 1.165) is 59.6 Å². The summed E-state index contributed by atoms with van der Waals surface area (Å²) in [5, 5.41) is 0. The second-order valence-electron chi connectivity index (χ2n) is 21.0. The van der Waals surface area contributed by atoms with Gasteiger partial charge >= 0.3 is 0 Å². The van der Waals surface area contributed by atoms with Gasteiger partial charge in [0, 0.05) is 72.5 Å². The molecule has 4 aliphatic rings. The van der Waals surface area contributed by atoms with Crippen molar-refractivity contribution in [2.75, 3.05) is 78.9 Å². The Morgan fingerprint density at radius 1 is 0.405 bits per heavy atom. The quantitative estimate of drug-likeness (QED) is 0.0660. The molecule has 0 aromatic heterocycles. The Morgan fingerprint density at radius 2 is 0.730 bits per heavy atom. The fraction of sp³-hybridized carbons (Fsp3) is 0.469. The van der Waals surface area contributed by atoms with E-state index >= 15 is 4.79 Å². The normalized spacial score (nSPS) is 17.6. The largest absolute Gasteiger partial charge is 0.379 e. The van der Waals surface area contributed by atoms with Gasteiger partial charge in [-0.1, -0.05) is 145 Å². The first-order valence-electron chi connectivity index (χ1n) is 27.7. The first-order valence-corrected chi connectivity index (χ1v) is 27.7. The average molecular weight is 1000 g/mol. The van der Waals surface area contributed by atoms with Gasteiger partial charge in [-0.05, 0) is 96.9 Å². The Morgan fingerprint density at radius 3 is 1.09 bits per heavy atom. The molecule has 5 aromatic carbocycles. The number of morpholine rings is 3. The van der Waals surface area contributed by atoms with Crippen LogP contribution in [0.3, 0.4) is 0 Å². The molecule has 3 fully saturated rings. The molecule has 0 amide bonds. The van der Waals surface area contributed by atoms with Crippen molar-refractivity contribution >= 4 is 23.1 Å². The summed E-state index contributed by atoms with van der Waals surface area (Å²) in [4.78, 5) is 66.4. The number of fused-ring (bicyclic) bond motifs is 3. The second-order valence-corrected chi connectivity index (χ2v) is 21.0. The molecule has 390 valence electrons. The van der Waals surface area contributed by atoms with Crippen molar-refractivity contribution in [3.63, 3.8) is 0 Å². The summed E-state index contributed by atoms with van der Waals surface area (Å²) >= 11 is 0. The molecule has 74 heavy (non-hydrogen) atoms. The highest BCUT2D eigenvalue weighted by Crippen LogP contribution is 2.53. The lowest BCUT2D eigenvalue weighted by atomic mass is 9.68. The highest BCUT2D eigenvalue weighted by atomic mass is 16.5. The molecule has 0 atom stereocenters. The third kappa shape index (κ3) is 9.60. The minimum absolute atomic E-state index is 0.0627. The Labute approximate surface area is 439 Å². The van der Waals surface area contributed by atoms with Gasteiger partial charge in [0.15, 0.2) is 23.1 Å². The van der Waals surface area contributed by atoms with Crippen LogP contribution in [0.4, 0.5) is 0 Å². The first-order chi connectivity index (χ1) is 36.0. The monoisotopic (exact) mass is 1000 g/mol. The fourth-order valence-corrected chi connectivity index (χ4v) is 13.5. The number of rotatable bonds is 21. The van der Waals surface area contributed by atoms with Crippen LogP contribution >= 0.6 is 0 Å². The van der Waals surface area contributed by atoms with Gasteiger partial charge in [-0.2, -0.15) is 0 Å². The zero-order valence-electron chi connectivity index (χ0n) is 44.8. The maximum Gasteiger partial charge on any atom is 0.193 e. The first kappa shape index (κ1) is 53.4. The Bertz CT molecular complexity index is 2680. The predicted octanol–water partition coefficient (Wildman–Crippen LogP) is 10.9. The van der Waals surface area contributed by atoms with E-state index in [9.17, 15) is 14.4 Å². The minimum Gasteiger partial charge on any atom is -0.379 e. The third-order valence-corrected chi connectivity index (χ3v) is 18.0. The summed E-state index contributed by atoms with van der Waals surface area (Å²) in [5.41, 5.74) is 6.62. The van der Waals surface area contributed by atoms with Crippen LogP contribution < -0.4 is 0 Å². The molecule has 0 saturated carbocycles. The molecule has 0 spiro atoms. The zero-order valence-corrected chi connectivity index (χ0v) is 44.8. The smallest absolute Gasteiger partial charge is 0.193 e. The Balaban J connectivity index is 1.19. The van der Waals surface area contributed by atoms with Crippen LogP contribution in [0, 0.1) is 0 Å². The molecule has 10 nitrogen and oxygen atoms in total. The number of nitrogens with zero attached hydrogens (tertiary/aromatic N) is 3. The van der Waals surface area contributed by atoms with Gasteiger partial charge in [0.05, 0.1) is 56.3 Å². The summed E-state index contributed by atoms with van der Waals surface area (Å²) in [6, 6.07) is 38.3. The summed E-state index contributed by atoms with van der Waals surface area (Å²) in [6.45, 7) is 20.6. The van der Waals surface area contributed by atoms with Crippen molar-refractivity contribution in [1.29, 1.82) is 0 Å². The van der Waals surface area contributed by atoms with Crippen LogP contribution in [0.15, 0.2) is 115 Å². The lowest BCUT2D eigenvalue weighted by Gasteiger charge is -2.44. The molecule has 0 N–H and O–H groups in total. The van der Waals surface area contributed by atoms with Crippen molar-refractivity contribution in [1.82, 2.24) is 14.7 Å². The molecular formula is C64H77N3O7. The van der Waals surface area contributed by atoms with E-state index in [1.165, 1.54) is 0 Å². The predicted molar refractivity (Wildman–Crippen MR) is 293 cm³/mol. The van der Waals surface area contributed by atoms with Crippen molar-refractivity contribution in [2.45, 2.75) is 115 Å². The Kier molecular flexibility index (Phi) is 16.4. The van der Waals surface area contributed by atoms with Gasteiger partial charge in [0.25, 0.3) is 0 Å². The number of Topliss-reactive ketones (excluding diaryl/α,β-unsaturated/α-hetero) is 3. The molecule has 3 saturated heterocycles. The number of benzene rings is 5. The topological polar surface area (TPSA) is 106 Å². The lowest BCUT2D eigenvalue weighted by Crippen LogP contribution is -2.57. The average Bonchev–Trinajstić information content (AvgIpc) is 3.73. The maximum absolute atomic E-state index is 15.4. The van der Waals surface area contributed by atoms with Gasteiger partial charge in [-0.3, -0.25) is 33.9 Å². The van der Waals surface area contributed by atoms with Crippen molar-refractivity contribution in [3.05, 3.63) is 165 Å². The van der Waals surface area contributed by atoms with E-state index in [0.29, 0.717) is 132 Å². The molecule has 10 heteroatoms. The summed E-state index contributed by atoms with van der Waals surface area (Å²) in [5.74, 6) is 0.299. The van der Waals surface area contributed by atoms with Gasteiger partial charge < -0.3 is 14.2 Å². The van der Waals surface area contributed by atoms with Crippen LogP contribution in [0.1, 0.15) is 149 Å². The summed E-state index contributed by atoms with van der Waals surface area (Å²) < 4.78 is 17.2. The van der Waals surface area contributed by atoms with E-state index in [2.05, 4.69) is 105 Å². The molecule has 0 radical (unpaired) electrons. The third-order valence-electron chi connectivity index (χ3n) is 18.0. The van der Waals surface area contributed by atoms with E-state index in [4.69, 9.17) is 14.2 Å². The number of hydrogen-bond donors (Lipinski definition) is 0. The molecular weight excluding hydrogens is 923 g/mol. The SMILES string of the molecule is CCC(CC)(C(=O)c1ccc(CC2(Cc3ccc(C(=O)C(CC)(CC)N4CCOCC4)cc3)c3cc(C(=O)c4ccccc4)ccc3-c3ccc(C(=O)C(CC)(CC)N4CCOCC4)cc32)cc1)N1CCOCC1. The molecule has 5 aromatic rings. The van der Waals surface area contributed by atoms with Crippen LogP contribution in [0.25, 0.3) is 11.1 Å². The lowest BCUT2D eigenvalue weighted by molar-refractivity contribution is -0.0176. The second kappa shape index (κ2) is 22.8. The summed E-state index contributed by atoms with van der Waals surface area (Å²) in [6.07, 6.45) is 5.15. The maximum atomic E-state index is 15.4. The van der Waals surface area contributed by atoms with Crippen LogP contribution in [-0.2, 0) is 32.5 Å². The standard InChI is InChI=1S/C64H77N3O7/c1-7-62(8-2,65-30-36-72-37-31-65)58(69)49-22-18-46(19-23-49)44-61(45-47-20-24-50(25-21-47)59(70)63(9-3,10-4)66-32-38-73-39-33-66)55-42-51(57(68)48-16-14-13-15-17-48)26-28-53(55)54-29-27-52(43-56(54)61)60(71)64(11-5,12-6)67-34-40-74-41-35-67/h13-29,42-43H,7-12,30-41,44-45H2,1-6H3. The number of hydrogen-bond acceptors (Lipinski definition) is 10. The van der Waals surface area contributed by atoms with Crippen molar-refractivity contribution in [2.24, 2.45) is 0 Å². The van der Waals surface area contributed by atoms with Gasteiger partial charge in [-0.25, -0.2) is 0 Å². The van der Waals surface area contributed by atoms with E-state index in [1.54, 1.807) is 0 Å². The highest BCUT2D eigenvalue weighted by Gasteiger charge is 2.48. The van der Waals surface area contributed by atoms with E-state index in [1.807, 2.05) is 66.7 Å². The Hall–Kier alpha value is -5.46. The van der Waals surface area contributed by atoms with Crippen molar-refractivity contribution < 1.29 is 33.4 Å². The molecule has 3 aliphatic heterocycles. The fourth-order valence-electron chi connectivity index (χ4n) is 13.5. The van der Waals surface area contributed by atoms with Crippen LogP contribution in [0.2, 0.25) is 0 Å². The summed E-state index contributed by atoms with van der Waals surface area (Å²) in [7, 11) is 0. The minimum atomic E-state index is -0.792. The molecule has 0 unspecified atom stereocenters. The molecule has 9 rings (SSSR count). The van der Waals surface area contributed by atoms with Crippen LogP contribution in [-0.4, -0.2) is 133 Å². The molecule has 0 bridgehead atoms. The number of carbonyl (C=O) groups is 4. The van der Waals surface area contributed by atoms with E-state index in [-0.39, 0.29) is 23.1 Å². The van der Waals surface area contributed by atoms with E-state index < -0.39 is 22.0 Å². The number of ketones is 4. The van der Waals surface area contributed by atoms with Gasteiger partial charge in [0.1, 0.15) is 0 Å². The van der Waals surface area contributed by atoms with Crippen molar-refractivity contribution in [3.8, 4) is 11.1 Å². The number of ether oxygens (including phenoxy) is 3. The van der Waals surface area contributed by atoms with Gasteiger partial charge in [-0.15, -0.1) is 0 Å². The highest BCUT2D eigenvalue weighted by molar-refractivity contribution is 6.10.